The van der Waals surface area contributed by atoms with Crippen LogP contribution in [0.5, 0.6) is 0 Å². The van der Waals surface area contributed by atoms with Crippen LogP contribution in [0.15, 0.2) is 22.7 Å². The summed E-state index contributed by atoms with van der Waals surface area (Å²) in [6.07, 6.45) is 0.918. The molecule has 0 bridgehead atoms. The molecule has 80 valence electrons. The number of halogens is 1. The van der Waals surface area contributed by atoms with Gasteiger partial charge in [-0.25, -0.2) is 0 Å². The minimum atomic E-state index is 0.749. The van der Waals surface area contributed by atoms with Crippen molar-refractivity contribution >= 4 is 27.9 Å². The first-order valence-electron chi connectivity index (χ1n) is 5.02. The zero-order valence-corrected chi connectivity index (χ0v) is 9.96. The quantitative estimate of drug-likeness (QED) is 0.829. The Bertz CT molecular complexity index is 362. The highest BCUT2D eigenvalue weighted by Crippen LogP contribution is 2.26. The van der Waals surface area contributed by atoms with E-state index in [4.69, 9.17) is 0 Å². The van der Waals surface area contributed by atoms with Gasteiger partial charge in [-0.15, -0.1) is 0 Å². The molecule has 15 heavy (non-hydrogen) atoms. The molecule has 1 aliphatic rings. The van der Waals surface area contributed by atoms with Gasteiger partial charge >= 0.3 is 0 Å². The van der Waals surface area contributed by atoms with Crippen LogP contribution in [0.4, 0.5) is 5.69 Å². The Morgan fingerprint density at radius 1 is 1.33 bits per heavy atom. The summed E-state index contributed by atoms with van der Waals surface area (Å²) in [4.78, 5) is 13.3. The predicted molar refractivity (Wildman–Crippen MR) is 64.6 cm³/mol. The third kappa shape index (κ3) is 2.21. The van der Waals surface area contributed by atoms with Crippen LogP contribution in [0.25, 0.3) is 0 Å². The number of rotatable bonds is 2. The molecular formula is C11H13BrN2O. The molecule has 1 heterocycles. The molecule has 0 atom stereocenters. The Labute approximate surface area is 97.6 Å². The predicted octanol–water partition coefficient (Wildman–Crippen LogP) is 1.67. The molecule has 0 radical (unpaired) electrons. The number of piperazine rings is 1. The molecule has 0 spiro atoms. The number of hydrogen-bond donors (Lipinski definition) is 1. The summed E-state index contributed by atoms with van der Waals surface area (Å²) in [7, 11) is 0. The van der Waals surface area contributed by atoms with Gasteiger partial charge < -0.3 is 10.2 Å². The van der Waals surface area contributed by atoms with Crippen molar-refractivity contribution in [2.45, 2.75) is 0 Å². The maximum Gasteiger partial charge on any atom is 0.153 e. The average Bonchev–Trinajstić information content (AvgIpc) is 2.30. The fourth-order valence-corrected chi connectivity index (χ4v) is 2.27. The molecule has 0 amide bonds. The second kappa shape index (κ2) is 4.77. The standard InChI is InChI=1S/C11H13BrN2O/c12-10-2-1-3-11(9(10)8-15)14-6-4-13-5-7-14/h1-3,8,13H,4-7H2. The molecule has 4 heteroatoms. The topological polar surface area (TPSA) is 32.3 Å². The Hall–Kier alpha value is -0.870. The molecule has 1 aromatic rings. The molecule has 0 saturated carbocycles. The second-order valence-electron chi connectivity index (χ2n) is 3.53. The van der Waals surface area contributed by atoms with Gasteiger partial charge in [0.05, 0.1) is 5.56 Å². The van der Waals surface area contributed by atoms with E-state index < -0.39 is 0 Å². The van der Waals surface area contributed by atoms with Crippen molar-refractivity contribution < 1.29 is 4.79 Å². The first-order valence-corrected chi connectivity index (χ1v) is 5.81. The van der Waals surface area contributed by atoms with E-state index in [1.165, 1.54) is 0 Å². The highest BCUT2D eigenvalue weighted by atomic mass is 79.9. The molecule has 1 saturated heterocycles. The van der Waals surface area contributed by atoms with Crippen LogP contribution in [-0.4, -0.2) is 32.5 Å². The molecule has 0 aromatic heterocycles. The molecule has 3 nitrogen and oxygen atoms in total. The van der Waals surface area contributed by atoms with Crippen molar-refractivity contribution in [3.8, 4) is 0 Å². The van der Waals surface area contributed by atoms with Gasteiger partial charge in [0.25, 0.3) is 0 Å². The fraction of sp³-hybridized carbons (Fsp3) is 0.364. The Balaban J connectivity index is 2.33. The van der Waals surface area contributed by atoms with Gasteiger partial charge in [0, 0.05) is 36.3 Å². The zero-order valence-electron chi connectivity index (χ0n) is 8.37. The monoisotopic (exact) mass is 268 g/mol. The SMILES string of the molecule is O=Cc1c(Br)cccc1N1CCNCC1. The summed E-state index contributed by atoms with van der Waals surface area (Å²) in [6.45, 7) is 3.87. The van der Waals surface area contributed by atoms with Crippen LogP contribution in [0.3, 0.4) is 0 Å². The van der Waals surface area contributed by atoms with E-state index >= 15 is 0 Å². The number of anilines is 1. The van der Waals surface area contributed by atoms with E-state index in [1.807, 2.05) is 18.2 Å². The summed E-state index contributed by atoms with van der Waals surface area (Å²) < 4.78 is 0.869. The number of carbonyl (C=O) groups excluding carboxylic acids is 1. The van der Waals surface area contributed by atoms with E-state index in [0.717, 1.165) is 48.2 Å². The molecule has 1 aromatic carbocycles. The zero-order chi connectivity index (χ0) is 10.7. The number of hydrogen-bond acceptors (Lipinski definition) is 3. The molecule has 0 unspecified atom stereocenters. The van der Waals surface area contributed by atoms with Gasteiger partial charge in [-0.05, 0) is 28.1 Å². The fourth-order valence-electron chi connectivity index (χ4n) is 1.82. The van der Waals surface area contributed by atoms with Crippen molar-refractivity contribution in [2.75, 3.05) is 31.1 Å². The largest absolute Gasteiger partial charge is 0.368 e. The van der Waals surface area contributed by atoms with Crippen LogP contribution < -0.4 is 10.2 Å². The van der Waals surface area contributed by atoms with Gasteiger partial charge in [0.2, 0.25) is 0 Å². The van der Waals surface area contributed by atoms with Crippen LogP contribution in [0, 0.1) is 0 Å². The first-order chi connectivity index (χ1) is 7.33. The van der Waals surface area contributed by atoms with E-state index in [1.54, 1.807) is 0 Å². The van der Waals surface area contributed by atoms with Crippen LogP contribution in [0.2, 0.25) is 0 Å². The Kier molecular flexibility index (Phi) is 3.38. The lowest BCUT2D eigenvalue weighted by molar-refractivity contribution is 0.112. The Morgan fingerprint density at radius 3 is 2.73 bits per heavy atom. The van der Waals surface area contributed by atoms with Crippen molar-refractivity contribution in [1.29, 1.82) is 0 Å². The normalized spacial score (nSPS) is 16.5. The van der Waals surface area contributed by atoms with Crippen molar-refractivity contribution in [1.82, 2.24) is 5.32 Å². The summed E-state index contributed by atoms with van der Waals surface area (Å²) in [5.74, 6) is 0. The number of nitrogens with zero attached hydrogens (tertiary/aromatic N) is 1. The molecular weight excluding hydrogens is 256 g/mol. The maximum atomic E-state index is 11.0. The highest BCUT2D eigenvalue weighted by Gasteiger charge is 2.14. The minimum Gasteiger partial charge on any atom is -0.368 e. The van der Waals surface area contributed by atoms with Crippen LogP contribution in [-0.2, 0) is 0 Å². The van der Waals surface area contributed by atoms with E-state index in [9.17, 15) is 4.79 Å². The number of aldehydes is 1. The Morgan fingerprint density at radius 2 is 2.07 bits per heavy atom. The highest BCUT2D eigenvalue weighted by molar-refractivity contribution is 9.10. The third-order valence-electron chi connectivity index (χ3n) is 2.61. The van der Waals surface area contributed by atoms with Gasteiger partial charge in [-0.2, -0.15) is 0 Å². The van der Waals surface area contributed by atoms with Gasteiger partial charge in [0.15, 0.2) is 6.29 Å². The van der Waals surface area contributed by atoms with E-state index in [2.05, 4.69) is 26.1 Å². The summed E-state index contributed by atoms with van der Waals surface area (Å²) in [5, 5.41) is 3.29. The third-order valence-corrected chi connectivity index (χ3v) is 3.30. The molecule has 1 fully saturated rings. The number of nitrogens with one attached hydrogen (secondary N) is 1. The van der Waals surface area contributed by atoms with Gasteiger partial charge in [-0.1, -0.05) is 6.07 Å². The smallest absolute Gasteiger partial charge is 0.153 e. The lowest BCUT2D eigenvalue weighted by atomic mass is 10.1. The van der Waals surface area contributed by atoms with Crippen molar-refractivity contribution in [3.63, 3.8) is 0 Å². The molecule has 0 aliphatic carbocycles. The van der Waals surface area contributed by atoms with Gasteiger partial charge in [-0.3, -0.25) is 4.79 Å². The number of benzene rings is 1. The number of carbonyl (C=O) groups is 1. The molecule has 1 aliphatic heterocycles. The average molecular weight is 269 g/mol. The van der Waals surface area contributed by atoms with Crippen molar-refractivity contribution in [3.05, 3.63) is 28.2 Å². The maximum absolute atomic E-state index is 11.0. The lowest BCUT2D eigenvalue weighted by Crippen LogP contribution is -2.43. The summed E-state index contributed by atoms with van der Waals surface area (Å²) in [6, 6.07) is 5.86. The van der Waals surface area contributed by atoms with Crippen LogP contribution in [0.1, 0.15) is 10.4 Å². The lowest BCUT2D eigenvalue weighted by Gasteiger charge is -2.30. The summed E-state index contributed by atoms with van der Waals surface area (Å²) in [5.41, 5.74) is 1.78. The minimum absolute atomic E-state index is 0.749. The van der Waals surface area contributed by atoms with Gasteiger partial charge in [0.1, 0.15) is 0 Å². The second-order valence-corrected chi connectivity index (χ2v) is 4.38. The van der Waals surface area contributed by atoms with Crippen molar-refractivity contribution in [2.24, 2.45) is 0 Å². The summed E-state index contributed by atoms with van der Waals surface area (Å²) >= 11 is 3.40. The molecule has 2 rings (SSSR count). The molecule has 1 N–H and O–H groups in total. The van der Waals surface area contributed by atoms with Crippen LogP contribution >= 0.6 is 15.9 Å². The first kappa shape index (κ1) is 10.6. The van der Waals surface area contributed by atoms with E-state index in [0.29, 0.717) is 0 Å². The van der Waals surface area contributed by atoms with E-state index in [-0.39, 0.29) is 0 Å².